The molecule has 2 aliphatic heterocycles. The van der Waals surface area contributed by atoms with Crippen molar-refractivity contribution < 1.29 is 32.3 Å². The minimum Gasteiger partial charge on any atom is -0.478 e. The number of fused-ring (bicyclic) bond motifs is 1. The van der Waals surface area contributed by atoms with Crippen LogP contribution in [-0.4, -0.2) is 74.3 Å². The van der Waals surface area contributed by atoms with Crippen molar-refractivity contribution in [1.82, 2.24) is 9.21 Å². The van der Waals surface area contributed by atoms with Crippen LogP contribution >= 0.6 is 0 Å². The number of nitrogens with one attached hydrogen (secondary N) is 1. The maximum atomic E-state index is 12.7. The highest BCUT2D eigenvalue weighted by molar-refractivity contribution is 7.89. The zero-order valence-electron chi connectivity index (χ0n) is 17.7. The molecule has 1 N–H and O–H groups in total. The second-order valence-electron chi connectivity index (χ2n) is 7.55. The Balaban J connectivity index is 1.24. The molecule has 0 aromatic heterocycles. The molecule has 1 fully saturated rings. The number of benzene rings is 2. The van der Waals surface area contributed by atoms with Crippen molar-refractivity contribution in [3.63, 3.8) is 0 Å². The van der Waals surface area contributed by atoms with Crippen LogP contribution in [0.1, 0.15) is 6.42 Å². The van der Waals surface area contributed by atoms with E-state index in [-0.39, 0.29) is 37.5 Å². The van der Waals surface area contributed by atoms with Gasteiger partial charge >= 0.3 is 5.97 Å². The minimum absolute atomic E-state index is 0.145. The zero-order chi connectivity index (χ0) is 23.4. The van der Waals surface area contributed by atoms with Gasteiger partial charge in [-0.25, -0.2) is 8.42 Å². The number of carbonyl (C=O) groups is 3. The summed E-state index contributed by atoms with van der Waals surface area (Å²) in [4.78, 5) is 38.3. The second kappa shape index (κ2) is 9.59. The van der Waals surface area contributed by atoms with Crippen LogP contribution in [0, 0.1) is 0 Å². The van der Waals surface area contributed by atoms with Gasteiger partial charge in [0.15, 0.2) is 12.7 Å². The number of piperazine rings is 1. The quantitative estimate of drug-likeness (QED) is 0.617. The lowest BCUT2D eigenvalue weighted by molar-refractivity contribution is -0.154. The van der Waals surface area contributed by atoms with Crippen molar-refractivity contribution in [3.05, 3.63) is 54.6 Å². The average molecular weight is 474 g/mol. The van der Waals surface area contributed by atoms with Gasteiger partial charge in [0.25, 0.3) is 11.8 Å². The molecular formula is C22H23N3O7S. The highest BCUT2D eigenvalue weighted by Gasteiger charge is 2.32. The van der Waals surface area contributed by atoms with Crippen molar-refractivity contribution in [1.29, 1.82) is 0 Å². The number of hydrogen-bond acceptors (Lipinski definition) is 7. The number of esters is 1. The van der Waals surface area contributed by atoms with E-state index in [0.29, 0.717) is 11.4 Å². The van der Waals surface area contributed by atoms with Crippen LogP contribution < -0.4 is 10.1 Å². The Morgan fingerprint density at radius 1 is 1.00 bits per heavy atom. The Kier molecular flexibility index (Phi) is 6.61. The number of sulfonamides is 1. The first-order valence-corrected chi connectivity index (χ1v) is 11.8. The lowest BCUT2D eigenvalue weighted by Gasteiger charge is -2.33. The van der Waals surface area contributed by atoms with Crippen LogP contribution in [0.2, 0.25) is 0 Å². The second-order valence-corrected chi connectivity index (χ2v) is 9.49. The number of para-hydroxylation sites is 2. The van der Waals surface area contributed by atoms with Gasteiger partial charge in [-0.05, 0) is 24.3 Å². The van der Waals surface area contributed by atoms with Gasteiger partial charge in [0, 0.05) is 26.2 Å². The molecule has 2 heterocycles. The molecule has 0 radical (unpaired) electrons. The number of hydrogen-bond donors (Lipinski definition) is 1. The van der Waals surface area contributed by atoms with Crippen LogP contribution in [0.3, 0.4) is 0 Å². The van der Waals surface area contributed by atoms with Gasteiger partial charge in [0.1, 0.15) is 5.75 Å². The van der Waals surface area contributed by atoms with Crippen LogP contribution in [0.25, 0.3) is 0 Å². The summed E-state index contributed by atoms with van der Waals surface area (Å²) < 4.78 is 37.3. The standard InChI is InChI=1S/C22H23N3O7S/c26-20(24-10-12-25(13-11-24)33(29,30)16-6-2-1-3-7-16)15-31-21(27)14-19-22(28)23-17-8-4-5-9-18(17)32-19/h1-9,19H,10-15H2,(H,23,28). The number of carbonyl (C=O) groups excluding carboxylic acids is 3. The van der Waals surface area contributed by atoms with Gasteiger partial charge in [-0.2, -0.15) is 4.31 Å². The molecule has 174 valence electrons. The summed E-state index contributed by atoms with van der Waals surface area (Å²) >= 11 is 0. The number of ether oxygens (including phenoxy) is 2. The van der Waals surface area contributed by atoms with E-state index in [2.05, 4.69) is 5.32 Å². The summed E-state index contributed by atoms with van der Waals surface area (Å²) in [6, 6.07) is 15.0. The van der Waals surface area contributed by atoms with Crippen LogP contribution in [0.4, 0.5) is 5.69 Å². The Hall–Kier alpha value is -3.44. The number of rotatable bonds is 6. The number of anilines is 1. The Morgan fingerprint density at radius 2 is 1.67 bits per heavy atom. The van der Waals surface area contributed by atoms with E-state index in [1.165, 1.54) is 21.3 Å². The van der Waals surface area contributed by atoms with Crippen molar-refractivity contribution in [2.75, 3.05) is 38.1 Å². The zero-order valence-corrected chi connectivity index (χ0v) is 18.5. The van der Waals surface area contributed by atoms with Gasteiger partial charge in [-0.15, -0.1) is 0 Å². The van der Waals surface area contributed by atoms with Gasteiger partial charge in [0.2, 0.25) is 10.0 Å². The molecule has 2 aromatic rings. The molecule has 1 unspecified atom stereocenters. The summed E-state index contributed by atoms with van der Waals surface area (Å²) in [6.07, 6.45) is -1.38. The fourth-order valence-electron chi connectivity index (χ4n) is 3.59. The molecule has 0 bridgehead atoms. The molecule has 2 aromatic carbocycles. The third-order valence-electron chi connectivity index (χ3n) is 5.39. The van der Waals surface area contributed by atoms with Gasteiger partial charge in [0.05, 0.1) is 17.0 Å². The maximum absolute atomic E-state index is 12.7. The summed E-state index contributed by atoms with van der Waals surface area (Å²) in [7, 11) is -3.62. The Bertz CT molecular complexity index is 1150. The lowest BCUT2D eigenvalue weighted by Crippen LogP contribution is -2.51. The third kappa shape index (κ3) is 5.15. The van der Waals surface area contributed by atoms with Crippen LogP contribution in [0.5, 0.6) is 5.75 Å². The van der Waals surface area contributed by atoms with Crippen molar-refractivity contribution in [2.45, 2.75) is 17.4 Å². The molecule has 1 atom stereocenters. The first-order chi connectivity index (χ1) is 15.8. The average Bonchev–Trinajstić information content (AvgIpc) is 2.83. The van der Waals surface area contributed by atoms with Crippen LogP contribution in [0.15, 0.2) is 59.5 Å². The normalized spacial score (nSPS) is 18.6. The molecule has 1 saturated heterocycles. The molecule has 0 aliphatic carbocycles. The number of nitrogens with zero attached hydrogens (tertiary/aromatic N) is 2. The molecule has 11 heteroatoms. The van der Waals surface area contributed by atoms with E-state index >= 15 is 0 Å². The van der Waals surface area contributed by atoms with E-state index in [1.807, 2.05) is 0 Å². The van der Waals surface area contributed by atoms with E-state index in [1.54, 1.807) is 42.5 Å². The summed E-state index contributed by atoms with van der Waals surface area (Å²) in [5.41, 5.74) is 0.524. The molecule has 33 heavy (non-hydrogen) atoms. The summed E-state index contributed by atoms with van der Waals surface area (Å²) in [5.74, 6) is -1.19. The molecule has 0 spiro atoms. The van der Waals surface area contributed by atoms with Crippen molar-refractivity contribution in [3.8, 4) is 5.75 Å². The predicted molar refractivity (Wildman–Crippen MR) is 117 cm³/mol. The molecule has 2 aliphatic rings. The smallest absolute Gasteiger partial charge is 0.310 e. The SMILES string of the molecule is O=C(CC1Oc2ccccc2NC1=O)OCC(=O)N1CCN(S(=O)(=O)c2ccccc2)CC1. The fraction of sp³-hybridized carbons (Fsp3) is 0.318. The highest BCUT2D eigenvalue weighted by atomic mass is 32.2. The molecule has 10 nitrogen and oxygen atoms in total. The van der Waals surface area contributed by atoms with E-state index in [0.717, 1.165) is 0 Å². The molecule has 2 amide bonds. The molecule has 0 saturated carbocycles. The van der Waals surface area contributed by atoms with Gasteiger partial charge in [-0.1, -0.05) is 30.3 Å². The lowest BCUT2D eigenvalue weighted by atomic mass is 10.1. The van der Waals surface area contributed by atoms with Crippen molar-refractivity contribution in [2.24, 2.45) is 0 Å². The number of amides is 2. The molecule has 4 rings (SSSR count). The topological polar surface area (TPSA) is 122 Å². The van der Waals surface area contributed by atoms with Gasteiger partial charge in [-0.3, -0.25) is 14.4 Å². The van der Waals surface area contributed by atoms with Crippen LogP contribution in [-0.2, 0) is 29.1 Å². The summed E-state index contributed by atoms with van der Waals surface area (Å²) in [5, 5.41) is 2.66. The largest absolute Gasteiger partial charge is 0.478 e. The molecular weight excluding hydrogens is 450 g/mol. The third-order valence-corrected chi connectivity index (χ3v) is 7.30. The maximum Gasteiger partial charge on any atom is 0.310 e. The Morgan fingerprint density at radius 3 is 2.39 bits per heavy atom. The summed E-state index contributed by atoms with van der Waals surface area (Å²) in [6.45, 7) is 0.175. The monoisotopic (exact) mass is 473 g/mol. The van der Waals surface area contributed by atoms with E-state index < -0.39 is 40.5 Å². The van der Waals surface area contributed by atoms with E-state index in [9.17, 15) is 22.8 Å². The first kappa shape index (κ1) is 22.7. The first-order valence-electron chi connectivity index (χ1n) is 10.4. The fourth-order valence-corrected chi connectivity index (χ4v) is 5.03. The predicted octanol–water partition coefficient (Wildman–Crippen LogP) is 0.853. The van der Waals surface area contributed by atoms with Crippen molar-refractivity contribution >= 4 is 33.5 Å². The highest BCUT2D eigenvalue weighted by Crippen LogP contribution is 2.29. The minimum atomic E-state index is -3.62. The van der Waals surface area contributed by atoms with E-state index in [4.69, 9.17) is 9.47 Å². The van der Waals surface area contributed by atoms with Gasteiger partial charge < -0.3 is 19.7 Å². The Labute approximate surface area is 191 Å².